The van der Waals surface area contributed by atoms with Gasteiger partial charge in [0.25, 0.3) is 0 Å². The molecule has 6 heteroatoms. The molecule has 0 fully saturated rings. The molecular weight excluding hydrogens is 382 g/mol. The summed E-state index contributed by atoms with van der Waals surface area (Å²) in [4.78, 5) is 0.361. The number of sulfonamides is 1. The number of nitrogens with zero attached hydrogens (tertiary/aromatic N) is 3. The topological polar surface area (TPSA) is 55.2 Å². The quantitative estimate of drug-likeness (QED) is 0.521. The summed E-state index contributed by atoms with van der Waals surface area (Å²) >= 11 is 0. The number of hydrogen-bond donors (Lipinski definition) is 0. The maximum atomic E-state index is 13.7. The summed E-state index contributed by atoms with van der Waals surface area (Å²) in [6.07, 6.45) is 3.80. The monoisotopic (exact) mass is 403 g/mol. The van der Waals surface area contributed by atoms with E-state index in [9.17, 15) is 8.42 Å². The molecule has 0 radical (unpaired) electrons. The SMILES string of the molecule is Cn1cc(C2CN(S(=O)(=O)c3cccc4ccccc34)Cc3ccccc32)cn1. The molecule has 0 bridgehead atoms. The minimum Gasteiger partial charge on any atom is -0.276 e. The van der Waals surface area contributed by atoms with Crippen LogP contribution in [0, 0.1) is 0 Å². The Morgan fingerprint density at radius 3 is 2.55 bits per heavy atom. The average Bonchev–Trinajstić information content (AvgIpc) is 3.18. The zero-order chi connectivity index (χ0) is 20.0. The van der Waals surface area contributed by atoms with Crippen molar-refractivity contribution in [3.05, 3.63) is 95.8 Å². The van der Waals surface area contributed by atoms with Gasteiger partial charge in [-0.05, 0) is 28.1 Å². The summed E-state index contributed by atoms with van der Waals surface area (Å²) in [6, 6.07) is 21.2. The van der Waals surface area contributed by atoms with Crippen molar-refractivity contribution in [2.24, 2.45) is 7.05 Å². The van der Waals surface area contributed by atoms with Crippen LogP contribution in [0.15, 0.2) is 84.0 Å². The van der Waals surface area contributed by atoms with Crippen molar-refractivity contribution in [2.45, 2.75) is 17.4 Å². The second kappa shape index (κ2) is 6.83. The zero-order valence-corrected chi connectivity index (χ0v) is 16.9. The van der Waals surface area contributed by atoms with Gasteiger partial charge in [-0.25, -0.2) is 8.42 Å². The van der Waals surface area contributed by atoms with Gasteiger partial charge in [0.05, 0.1) is 11.1 Å². The molecule has 1 unspecified atom stereocenters. The molecule has 0 aliphatic carbocycles. The van der Waals surface area contributed by atoms with Crippen molar-refractivity contribution in [1.82, 2.24) is 14.1 Å². The normalized spacial score (nSPS) is 17.3. The van der Waals surface area contributed by atoms with Crippen LogP contribution in [0.1, 0.15) is 22.6 Å². The predicted octanol–water partition coefficient (Wildman–Crippen LogP) is 3.91. The van der Waals surface area contributed by atoms with Gasteiger partial charge in [-0.1, -0.05) is 60.7 Å². The number of rotatable bonds is 3. The summed E-state index contributed by atoms with van der Waals surface area (Å²) in [5.74, 6) is -0.0431. The Bertz CT molecular complexity index is 1310. The number of hydrogen-bond acceptors (Lipinski definition) is 3. The lowest BCUT2D eigenvalue weighted by molar-refractivity contribution is 0.372. The number of benzene rings is 3. The predicted molar refractivity (Wildman–Crippen MR) is 113 cm³/mol. The Labute approximate surface area is 170 Å². The molecular formula is C23H21N3O2S. The molecule has 3 aromatic carbocycles. The molecule has 1 aromatic heterocycles. The van der Waals surface area contributed by atoms with E-state index in [0.717, 1.165) is 21.9 Å². The molecule has 0 saturated carbocycles. The molecule has 1 atom stereocenters. The molecule has 5 nitrogen and oxygen atoms in total. The van der Waals surface area contributed by atoms with Gasteiger partial charge in [0.15, 0.2) is 0 Å². The van der Waals surface area contributed by atoms with Gasteiger partial charge in [0.1, 0.15) is 0 Å². The first kappa shape index (κ1) is 18.1. The molecule has 29 heavy (non-hydrogen) atoms. The fraction of sp³-hybridized carbons (Fsp3) is 0.174. The fourth-order valence-electron chi connectivity index (χ4n) is 4.22. The first-order valence-corrected chi connectivity index (χ1v) is 11.0. The van der Waals surface area contributed by atoms with Gasteiger partial charge in [0, 0.05) is 37.6 Å². The largest absolute Gasteiger partial charge is 0.276 e. The lowest BCUT2D eigenvalue weighted by Gasteiger charge is -2.33. The summed E-state index contributed by atoms with van der Waals surface area (Å²) in [6.45, 7) is 0.771. The smallest absolute Gasteiger partial charge is 0.244 e. The zero-order valence-electron chi connectivity index (χ0n) is 16.1. The van der Waals surface area contributed by atoms with Gasteiger partial charge < -0.3 is 0 Å². The van der Waals surface area contributed by atoms with E-state index in [1.54, 1.807) is 15.1 Å². The van der Waals surface area contributed by atoms with E-state index in [1.807, 2.05) is 74.0 Å². The van der Waals surface area contributed by atoms with E-state index in [1.165, 1.54) is 5.56 Å². The maximum Gasteiger partial charge on any atom is 0.244 e. The molecule has 1 aliphatic heterocycles. The van der Waals surface area contributed by atoms with Crippen molar-refractivity contribution in [2.75, 3.05) is 6.54 Å². The lowest BCUT2D eigenvalue weighted by atomic mass is 9.87. The van der Waals surface area contributed by atoms with Crippen LogP contribution in [0.3, 0.4) is 0 Å². The van der Waals surface area contributed by atoms with Crippen LogP contribution in [-0.2, 0) is 23.6 Å². The van der Waals surface area contributed by atoms with Crippen LogP contribution < -0.4 is 0 Å². The highest BCUT2D eigenvalue weighted by Crippen LogP contribution is 2.36. The maximum absolute atomic E-state index is 13.7. The molecule has 4 aromatic rings. The van der Waals surface area contributed by atoms with Gasteiger partial charge >= 0.3 is 0 Å². The molecule has 5 rings (SSSR count). The molecule has 0 saturated heterocycles. The van der Waals surface area contributed by atoms with Crippen LogP contribution in [0.25, 0.3) is 10.8 Å². The Morgan fingerprint density at radius 1 is 0.966 bits per heavy atom. The Hall–Kier alpha value is -2.96. The van der Waals surface area contributed by atoms with E-state index in [4.69, 9.17) is 0 Å². The van der Waals surface area contributed by atoms with Gasteiger partial charge in [-0.15, -0.1) is 0 Å². The number of aromatic nitrogens is 2. The third-order valence-electron chi connectivity index (χ3n) is 5.66. The fourth-order valence-corrected chi connectivity index (χ4v) is 5.87. The molecule has 146 valence electrons. The number of fused-ring (bicyclic) bond motifs is 2. The highest BCUT2D eigenvalue weighted by Gasteiger charge is 2.35. The summed E-state index contributed by atoms with van der Waals surface area (Å²) in [7, 11) is -1.78. The van der Waals surface area contributed by atoms with Gasteiger partial charge in [-0.2, -0.15) is 9.40 Å². The highest BCUT2D eigenvalue weighted by molar-refractivity contribution is 7.89. The Morgan fingerprint density at radius 2 is 1.72 bits per heavy atom. The standard InChI is InChI=1S/C23H21N3O2S/c1-25-14-19(13-24-25)22-16-26(15-18-8-3-4-10-20(18)22)29(27,28)23-12-6-9-17-7-2-5-11-21(17)23/h2-14,22H,15-16H2,1H3. The summed E-state index contributed by atoms with van der Waals surface area (Å²) in [5, 5.41) is 5.98. The minimum atomic E-state index is -3.66. The first-order valence-electron chi connectivity index (χ1n) is 9.58. The lowest BCUT2D eigenvalue weighted by Crippen LogP contribution is -2.38. The Kier molecular flexibility index (Phi) is 4.26. The van der Waals surface area contributed by atoms with E-state index in [0.29, 0.717) is 18.0 Å². The van der Waals surface area contributed by atoms with Crippen molar-refractivity contribution >= 4 is 20.8 Å². The van der Waals surface area contributed by atoms with Crippen molar-refractivity contribution in [3.63, 3.8) is 0 Å². The molecule has 1 aliphatic rings. The summed E-state index contributed by atoms with van der Waals surface area (Å²) in [5.41, 5.74) is 3.24. The van der Waals surface area contributed by atoms with Crippen LogP contribution in [0.2, 0.25) is 0 Å². The first-order chi connectivity index (χ1) is 14.0. The Balaban J connectivity index is 1.62. The molecule has 0 spiro atoms. The van der Waals surface area contributed by atoms with E-state index >= 15 is 0 Å². The third-order valence-corrected chi connectivity index (χ3v) is 7.53. The molecule has 0 N–H and O–H groups in total. The van der Waals surface area contributed by atoms with Gasteiger partial charge in [-0.3, -0.25) is 4.68 Å². The summed E-state index contributed by atoms with van der Waals surface area (Å²) < 4.78 is 30.8. The van der Waals surface area contributed by atoms with Crippen LogP contribution in [0.5, 0.6) is 0 Å². The average molecular weight is 404 g/mol. The van der Waals surface area contributed by atoms with E-state index in [2.05, 4.69) is 11.2 Å². The second-order valence-corrected chi connectivity index (χ2v) is 9.38. The minimum absolute atomic E-state index is 0.0431. The van der Waals surface area contributed by atoms with Crippen molar-refractivity contribution < 1.29 is 8.42 Å². The van der Waals surface area contributed by atoms with Crippen molar-refractivity contribution in [1.29, 1.82) is 0 Å². The van der Waals surface area contributed by atoms with Gasteiger partial charge in [0.2, 0.25) is 10.0 Å². The van der Waals surface area contributed by atoms with Crippen LogP contribution >= 0.6 is 0 Å². The number of aryl methyl sites for hydroxylation is 1. The van der Waals surface area contributed by atoms with Crippen molar-refractivity contribution in [3.8, 4) is 0 Å². The third kappa shape index (κ3) is 3.05. The molecule has 2 heterocycles. The van der Waals surface area contributed by atoms with Crippen LogP contribution in [0.4, 0.5) is 0 Å². The highest BCUT2D eigenvalue weighted by atomic mass is 32.2. The van der Waals surface area contributed by atoms with E-state index < -0.39 is 10.0 Å². The van der Waals surface area contributed by atoms with E-state index in [-0.39, 0.29) is 5.92 Å². The molecule has 0 amide bonds. The second-order valence-electron chi connectivity index (χ2n) is 7.47. The van der Waals surface area contributed by atoms with Crippen LogP contribution in [-0.4, -0.2) is 29.0 Å².